The molecule has 176 valence electrons. The van der Waals surface area contributed by atoms with Crippen LogP contribution in [0.25, 0.3) is 10.9 Å². The first-order valence-corrected chi connectivity index (χ1v) is 11.4. The smallest absolute Gasteiger partial charge is 0.416 e. The molecule has 1 saturated carbocycles. The third-order valence-electron chi connectivity index (χ3n) is 6.24. The van der Waals surface area contributed by atoms with Crippen molar-refractivity contribution < 1.29 is 27.8 Å². The van der Waals surface area contributed by atoms with Crippen LogP contribution in [0.4, 0.5) is 13.2 Å². The molecule has 0 bridgehead atoms. The fourth-order valence-corrected chi connectivity index (χ4v) is 4.86. The Morgan fingerprint density at radius 2 is 1.88 bits per heavy atom. The number of aliphatic carboxylic acids is 1. The second-order valence-corrected chi connectivity index (χ2v) is 8.94. The van der Waals surface area contributed by atoms with Gasteiger partial charge in [0.15, 0.2) is 0 Å². The van der Waals surface area contributed by atoms with Gasteiger partial charge in [0.25, 0.3) is 0 Å². The van der Waals surface area contributed by atoms with Crippen LogP contribution in [0.15, 0.2) is 36.4 Å². The van der Waals surface area contributed by atoms with Crippen LogP contribution in [0.3, 0.4) is 0 Å². The number of benzene rings is 2. The maximum Gasteiger partial charge on any atom is 0.416 e. The van der Waals surface area contributed by atoms with Crippen molar-refractivity contribution in [1.82, 2.24) is 4.98 Å². The SMILES string of the molecule is O=C(O)CCc1[nH]c2ccc(OCc3ccc(C4CCCCC4)c(C(F)(F)F)c3)cc2c1Cl. The Morgan fingerprint density at radius 1 is 1.12 bits per heavy atom. The van der Waals surface area contributed by atoms with Gasteiger partial charge < -0.3 is 14.8 Å². The Kier molecular flexibility index (Phi) is 6.88. The first-order chi connectivity index (χ1) is 15.7. The first-order valence-electron chi connectivity index (χ1n) is 11.1. The molecule has 3 aromatic rings. The summed E-state index contributed by atoms with van der Waals surface area (Å²) in [6.07, 6.45) is 0.424. The Labute approximate surface area is 194 Å². The normalized spacial score (nSPS) is 15.2. The van der Waals surface area contributed by atoms with Gasteiger partial charge >= 0.3 is 12.1 Å². The van der Waals surface area contributed by atoms with Gasteiger partial charge in [0, 0.05) is 16.6 Å². The van der Waals surface area contributed by atoms with Crippen LogP contribution in [0.5, 0.6) is 5.75 Å². The summed E-state index contributed by atoms with van der Waals surface area (Å²) in [6, 6.07) is 9.70. The van der Waals surface area contributed by atoms with Gasteiger partial charge in [0.1, 0.15) is 12.4 Å². The van der Waals surface area contributed by atoms with Crippen molar-refractivity contribution in [2.24, 2.45) is 0 Å². The first kappa shape index (κ1) is 23.5. The summed E-state index contributed by atoms with van der Waals surface area (Å²) in [6.45, 7) is -0.00650. The summed E-state index contributed by atoms with van der Waals surface area (Å²) < 4.78 is 47.1. The number of fused-ring (bicyclic) bond motifs is 1. The maximum absolute atomic E-state index is 13.8. The second kappa shape index (κ2) is 9.67. The van der Waals surface area contributed by atoms with Gasteiger partial charge in [-0.3, -0.25) is 4.79 Å². The number of carboxylic acids is 1. The number of nitrogens with one attached hydrogen (secondary N) is 1. The Hall–Kier alpha value is -2.67. The minimum Gasteiger partial charge on any atom is -0.489 e. The quantitative estimate of drug-likeness (QED) is 0.369. The molecule has 0 amide bonds. The number of carbonyl (C=O) groups is 1. The minimum absolute atomic E-state index is 0.00650. The summed E-state index contributed by atoms with van der Waals surface area (Å²) in [7, 11) is 0. The van der Waals surface area contributed by atoms with E-state index in [0.29, 0.717) is 33.0 Å². The Morgan fingerprint density at radius 3 is 2.58 bits per heavy atom. The predicted octanol–water partition coefficient (Wildman–Crippen LogP) is 7.48. The van der Waals surface area contributed by atoms with Gasteiger partial charge in [0.2, 0.25) is 0 Å². The number of aryl methyl sites for hydroxylation is 1. The van der Waals surface area contributed by atoms with Crippen molar-refractivity contribution in [2.45, 2.75) is 63.6 Å². The van der Waals surface area contributed by atoms with Crippen LogP contribution in [0, 0.1) is 0 Å². The monoisotopic (exact) mass is 479 g/mol. The zero-order valence-corrected chi connectivity index (χ0v) is 18.7. The molecule has 0 atom stereocenters. The lowest BCUT2D eigenvalue weighted by Gasteiger charge is -2.25. The highest BCUT2D eigenvalue weighted by Gasteiger charge is 2.35. The molecule has 4 nitrogen and oxygen atoms in total. The third kappa shape index (κ3) is 5.46. The number of hydrogen-bond acceptors (Lipinski definition) is 2. The zero-order valence-electron chi connectivity index (χ0n) is 18.0. The molecule has 1 heterocycles. The molecule has 1 fully saturated rings. The fraction of sp³-hybridized carbons (Fsp3) is 0.400. The van der Waals surface area contributed by atoms with Crippen LogP contribution < -0.4 is 4.74 Å². The molecule has 8 heteroatoms. The van der Waals surface area contributed by atoms with Crippen LogP contribution in [0.2, 0.25) is 5.02 Å². The van der Waals surface area contributed by atoms with Gasteiger partial charge in [0.05, 0.1) is 17.0 Å². The molecule has 2 aromatic carbocycles. The number of hydrogen-bond donors (Lipinski definition) is 2. The van der Waals surface area contributed by atoms with Crippen molar-refractivity contribution in [3.05, 3.63) is 63.8 Å². The number of H-pyrrole nitrogens is 1. The fourth-order valence-electron chi connectivity index (χ4n) is 4.56. The number of carboxylic acid groups (broad SMARTS) is 1. The molecule has 0 spiro atoms. The summed E-state index contributed by atoms with van der Waals surface area (Å²) in [5, 5.41) is 9.98. The zero-order chi connectivity index (χ0) is 23.6. The molecular formula is C25H25ClF3NO3. The molecular weight excluding hydrogens is 455 g/mol. The highest BCUT2D eigenvalue weighted by Crippen LogP contribution is 2.41. The van der Waals surface area contributed by atoms with Gasteiger partial charge in [-0.25, -0.2) is 0 Å². The molecule has 0 aliphatic heterocycles. The van der Waals surface area contributed by atoms with E-state index >= 15 is 0 Å². The van der Waals surface area contributed by atoms with Gasteiger partial charge in [-0.2, -0.15) is 13.2 Å². The molecule has 0 unspecified atom stereocenters. The average molecular weight is 480 g/mol. The number of ether oxygens (including phenoxy) is 1. The Balaban J connectivity index is 1.52. The molecule has 2 N–H and O–H groups in total. The summed E-state index contributed by atoms with van der Waals surface area (Å²) in [5.41, 5.74) is 1.63. The number of alkyl halides is 3. The van der Waals surface area contributed by atoms with Gasteiger partial charge in [-0.05, 0) is 60.6 Å². The summed E-state index contributed by atoms with van der Waals surface area (Å²) in [4.78, 5) is 13.9. The van der Waals surface area contributed by atoms with Gasteiger partial charge in [-0.1, -0.05) is 43.0 Å². The lowest BCUT2D eigenvalue weighted by atomic mass is 9.81. The lowest BCUT2D eigenvalue weighted by molar-refractivity contribution is -0.139. The van der Waals surface area contributed by atoms with E-state index in [0.717, 1.165) is 37.6 Å². The minimum atomic E-state index is -4.41. The average Bonchev–Trinajstić information content (AvgIpc) is 3.11. The number of aromatic nitrogens is 1. The molecule has 33 heavy (non-hydrogen) atoms. The van der Waals surface area contributed by atoms with Crippen LogP contribution in [-0.2, 0) is 24.0 Å². The van der Waals surface area contributed by atoms with E-state index < -0.39 is 17.7 Å². The number of halogens is 4. The standard InChI is InChI=1S/C25H25ClF3NO3/c26-24-19-13-17(7-9-21(19)30-22(24)10-11-23(31)32)33-14-15-6-8-18(16-4-2-1-3-5-16)20(12-15)25(27,28)29/h6-9,12-13,16,30H,1-5,10-11,14H2,(H,31,32). The lowest BCUT2D eigenvalue weighted by Crippen LogP contribution is -2.15. The second-order valence-electron chi connectivity index (χ2n) is 8.56. The molecule has 1 aromatic heterocycles. The van der Waals surface area contributed by atoms with E-state index in [-0.39, 0.29) is 25.4 Å². The van der Waals surface area contributed by atoms with E-state index in [4.69, 9.17) is 21.4 Å². The topological polar surface area (TPSA) is 62.3 Å². The molecule has 4 rings (SSSR count). The van der Waals surface area contributed by atoms with Crippen molar-refractivity contribution >= 4 is 28.5 Å². The van der Waals surface area contributed by atoms with E-state index in [1.807, 2.05) is 0 Å². The molecule has 0 saturated heterocycles. The van der Waals surface area contributed by atoms with E-state index in [9.17, 15) is 18.0 Å². The van der Waals surface area contributed by atoms with E-state index in [1.54, 1.807) is 30.3 Å². The highest BCUT2D eigenvalue weighted by molar-refractivity contribution is 6.36. The molecule has 1 aliphatic rings. The largest absolute Gasteiger partial charge is 0.489 e. The summed E-state index contributed by atoms with van der Waals surface area (Å²) >= 11 is 6.39. The van der Waals surface area contributed by atoms with Gasteiger partial charge in [-0.15, -0.1) is 0 Å². The number of rotatable bonds is 7. The van der Waals surface area contributed by atoms with Crippen molar-refractivity contribution in [2.75, 3.05) is 0 Å². The van der Waals surface area contributed by atoms with Crippen molar-refractivity contribution in [3.63, 3.8) is 0 Å². The van der Waals surface area contributed by atoms with E-state index in [2.05, 4.69) is 4.98 Å². The van der Waals surface area contributed by atoms with Crippen LogP contribution in [0.1, 0.15) is 66.8 Å². The summed E-state index contributed by atoms with van der Waals surface area (Å²) in [5.74, 6) is -0.488. The van der Waals surface area contributed by atoms with Crippen molar-refractivity contribution in [3.8, 4) is 5.75 Å². The number of aromatic amines is 1. The highest BCUT2D eigenvalue weighted by atomic mass is 35.5. The Bertz CT molecular complexity index is 1150. The third-order valence-corrected chi connectivity index (χ3v) is 6.67. The van der Waals surface area contributed by atoms with Crippen molar-refractivity contribution in [1.29, 1.82) is 0 Å². The predicted molar refractivity (Wildman–Crippen MR) is 121 cm³/mol. The van der Waals surface area contributed by atoms with E-state index in [1.165, 1.54) is 6.07 Å². The maximum atomic E-state index is 13.8. The van der Waals surface area contributed by atoms with Crippen LogP contribution in [-0.4, -0.2) is 16.1 Å². The molecule has 1 aliphatic carbocycles. The van der Waals surface area contributed by atoms with Crippen LogP contribution >= 0.6 is 11.6 Å². The molecule has 0 radical (unpaired) electrons.